The molecular formula is C14H16NO5+. The van der Waals surface area contributed by atoms with Gasteiger partial charge in [0.2, 0.25) is 6.79 Å². The highest BCUT2D eigenvalue weighted by Crippen LogP contribution is 2.36. The van der Waals surface area contributed by atoms with Crippen molar-refractivity contribution < 1.29 is 23.9 Å². The van der Waals surface area contributed by atoms with Crippen LogP contribution < -0.4 is 20.0 Å². The van der Waals surface area contributed by atoms with Gasteiger partial charge in [-0.2, -0.15) is 0 Å². The van der Waals surface area contributed by atoms with E-state index < -0.39 is 0 Å². The Morgan fingerprint density at radius 2 is 2.00 bits per heavy atom. The molecule has 0 fully saturated rings. The van der Waals surface area contributed by atoms with E-state index in [2.05, 4.69) is 0 Å². The number of aliphatic hydroxyl groups is 1. The van der Waals surface area contributed by atoms with Crippen molar-refractivity contribution in [2.75, 3.05) is 27.0 Å². The topological polar surface area (TPSA) is 73.3 Å². The van der Waals surface area contributed by atoms with Crippen LogP contribution in [0, 0.1) is 0 Å². The number of ether oxygens (including phenoxy) is 2. The van der Waals surface area contributed by atoms with Crippen LogP contribution in [0.3, 0.4) is 0 Å². The fourth-order valence-corrected chi connectivity index (χ4v) is 2.37. The molecular weight excluding hydrogens is 262 g/mol. The molecule has 0 bridgehead atoms. The van der Waals surface area contributed by atoms with E-state index >= 15 is 0 Å². The third-order valence-electron chi connectivity index (χ3n) is 3.35. The minimum atomic E-state index is -0.386. The van der Waals surface area contributed by atoms with Crippen LogP contribution in [-0.4, -0.2) is 32.1 Å². The van der Waals surface area contributed by atoms with Crippen LogP contribution in [0.5, 0.6) is 11.5 Å². The Bertz CT molecular complexity index is 694. The van der Waals surface area contributed by atoms with Crippen molar-refractivity contribution in [3.63, 3.8) is 0 Å². The molecule has 0 amide bonds. The van der Waals surface area contributed by atoms with E-state index in [1.54, 1.807) is 6.07 Å². The molecule has 20 heavy (non-hydrogen) atoms. The number of likely N-dealkylation sites (N-methyl/N-ethyl adjacent to an activating group) is 1. The van der Waals surface area contributed by atoms with Crippen molar-refractivity contribution in [3.05, 3.63) is 34.2 Å². The Labute approximate surface area is 115 Å². The molecule has 1 aliphatic rings. The van der Waals surface area contributed by atoms with E-state index in [0.29, 0.717) is 30.2 Å². The summed E-state index contributed by atoms with van der Waals surface area (Å²) in [5.41, 5.74) is 0.984. The smallest absolute Gasteiger partial charge is 0.336 e. The quantitative estimate of drug-likeness (QED) is 0.740. The van der Waals surface area contributed by atoms with E-state index in [1.807, 2.05) is 13.1 Å². The fraction of sp³-hybridized carbons (Fsp3) is 0.357. The molecule has 2 heterocycles. The number of fused-ring (bicyclic) bond motifs is 2. The largest absolute Gasteiger partial charge is 0.454 e. The maximum Gasteiger partial charge on any atom is 0.336 e. The van der Waals surface area contributed by atoms with Gasteiger partial charge < -0.3 is 23.9 Å². The summed E-state index contributed by atoms with van der Waals surface area (Å²) >= 11 is 0. The number of quaternary nitrogens is 1. The van der Waals surface area contributed by atoms with Gasteiger partial charge in [0.05, 0.1) is 13.7 Å². The van der Waals surface area contributed by atoms with E-state index in [1.165, 1.54) is 6.07 Å². The molecule has 106 valence electrons. The molecule has 0 spiro atoms. The highest BCUT2D eigenvalue weighted by molar-refractivity contribution is 5.84. The SMILES string of the molecule is C[NH+](CCO)Cc1cc(=O)oc2cc3c(cc12)OCO3. The second-order valence-electron chi connectivity index (χ2n) is 4.90. The number of hydrogen-bond donors (Lipinski definition) is 2. The predicted octanol–water partition coefficient (Wildman–Crippen LogP) is -0.471. The molecule has 1 aromatic heterocycles. The summed E-state index contributed by atoms with van der Waals surface area (Å²) in [7, 11) is 1.96. The predicted molar refractivity (Wildman–Crippen MR) is 71.2 cm³/mol. The maximum atomic E-state index is 11.6. The van der Waals surface area contributed by atoms with E-state index in [0.717, 1.165) is 15.8 Å². The van der Waals surface area contributed by atoms with Gasteiger partial charge in [-0.15, -0.1) is 0 Å². The van der Waals surface area contributed by atoms with Gasteiger partial charge in [0.15, 0.2) is 11.5 Å². The van der Waals surface area contributed by atoms with Crippen LogP contribution in [0.15, 0.2) is 27.4 Å². The van der Waals surface area contributed by atoms with Crippen LogP contribution in [0.1, 0.15) is 5.56 Å². The molecule has 2 N–H and O–H groups in total. The van der Waals surface area contributed by atoms with E-state index in [9.17, 15) is 4.79 Å². The zero-order valence-electron chi connectivity index (χ0n) is 11.1. The van der Waals surface area contributed by atoms with E-state index in [-0.39, 0.29) is 19.0 Å². The van der Waals surface area contributed by atoms with Gasteiger partial charge in [-0.25, -0.2) is 4.79 Å². The highest BCUT2D eigenvalue weighted by atomic mass is 16.7. The molecule has 0 radical (unpaired) electrons. The lowest BCUT2D eigenvalue weighted by Crippen LogP contribution is -3.08. The number of aliphatic hydroxyl groups excluding tert-OH is 1. The fourth-order valence-electron chi connectivity index (χ4n) is 2.37. The second-order valence-corrected chi connectivity index (χ2v) is 4.90. The monoisotopic (exact) mass is 278 g/mol. The molecule has 1 atom stereocenters. The Kier molecular flexibility index (Phi) is 3.33. The first-order chi connectivity index (χ1) is 9.67. The third kappa shape index (κ3) is 2.35. The van der Waals surface area contributed by atoms with Crippen molar-refractivity contribution in [2.24, 2.45) is 0 Å². The van der Waals surface area contributed by atoms with Gasteiger partial charge in [0, 0.05) is 23.1 Å². The summed E-state index contributed by atoms with van der Waals surface area (Å²) in [5, 5.41) is 9.81. The van der Waals surface area contributed by atoms with Gasteiger partial charge >= 0.3 is 5.63 Å². The molecule has 1 unspecified atom stereocenters. The molecule has 6 heteroatoms. The molecule has 0 aliphatic carbocycles. The standard InChI is InChI=1S/C14H15NO5/c1-15(2-3-16)7-9-4-14(17)20-11-6-13-12(5-10(9)11)18-8-19-13/h4-6,16H,2-3,7-8H2,1H3/p+1. The lowest BCUT2D eigenvalue weighted by atomic mass is 10.1. The maximum absolute atomic E-state index is 11.6. The third-order valence-corrected chi connectivity index (χ3v) is 3.35. The Balaban J connectivity index is 2.08. The first kappa shape index (κ1) is 13.0. The number of benzene rings is 1. The molecule has 2 aromatic rings. The molecule has 1 aromatic carbocycles. The molecule has 0 saturated heterocycles. The number of rotatable bonds is 4. The van der Waals surface area contributed by atoms with Gasteiger partial charge in [0.1, 0.15) is 18.7 Å². The molecule has 6 nitrogen and oxygen atoms in total. The normalized spacial score (nSPS) is 14.7. The van der Waals surface area contributed by atoms with Crippen molar-refractivity contribution in [1.29, 1.82) is 0 Å². The van der Waals surface area contributed by atoms with Gasteiger partial charge in [-0.3, -0.25) is 0 Å². The Hall–Kier alpha value is -2.05. The first-order valence-electron chi connectivity index (χ1n) is 6.46. The number of hydrogen-bond acceptors (Lipinski definition) is 5. The molecule has 0 saturated carbocycles. The van der Waals surface area contributed by atoms with Crippen LogP contribution in [0.4, 0.5) is 0 Å². The first-order valence-corrected chi connectivity index (χ1v) is 6.46. The van der Waals surface area contributed by atoms with Crippen LogP contribution >= 0.6 is 0 Å². The average molecular weight is 278 g/mol. The van der Waals surface area contributed by atoms with Crippen LogP contribution in [0.2, 0.25) is 0 Å². The minimum absolute atomic E-state index is 0.109. The lowest BCUT2D eigenvalue weighted by Gasteiger charge is -2.13. The van der Waals surface area contributed by atoms with Gasteiger partial charge in [-0.1, -0.05) is 0 Å². The van der Waals surface area contributed by atoms with Crippen molar-refractivity contribution in [2.45, 2.75) is 6.54 Å². The van der Waals surface area contributed by atoms with Crippen LogP contribution in [-0.2, 0) is 6.54 Å². The summed E-state index contributed by atoms with van der Waals surface area (Å²) in [4.78, 5) is 12.8. The Morgan fingerprint density at radius 1 is 1.25 bits per heavy atom. The zero-order valence-corrected chi connectivity index (χ0v) is 11.1. The molecule has 1 aliphatic heterocycles. The summed E-state index contributed by atoms with van der Waals surface area (Å²) in [5.74, 6) is 1.25. The summed E-state index contributed by atoms with van der Waals surface area (Å²) < 4.78 is 15.9. The zero-order chi connectivity index (χ0) is 14.1. The van der Waals surface area contributed by atoms with Crippen molar-refractivity contribution >= 4 is 11.0 Å². The summed E-state index contributed by atoms with van der Waals surface area (Å²) in [6, 6.07) is 5.01. The number of nitrogens with one attached hydrogen (secondary N) is 1. The summed E-state index contributed by atoms with van der Waals surface area (Å²) in [6.07, 6.45) is 0. The van der Waals surface area contributed by atoms with Crippen molar-refractivity contribution in [3.8, 4) is 11.5 Å². The summed E-state index contributed by atoms with van der Waals surface area (Å²) in [6.45, 7) is 1.53. The second kappa shape index (κ2) is 5.15. The van der Waals surface area contributed by atoms with Crippen LogP contribution in [0.25, 0.3) is 11.0 Å². The lowest BCUT2D eigenvalue weighted by molar-refractivity contribution is -0.893. The minimum Gasteiger partial charge on any atom is -0.454 e. The van der Waals surface area contributed by atoms with Gasteiger partial charge in [0.25, 0.3) is 0 Å². The Morgan fingerprint density at radius 3 is 2.75 bits per heavy atom. The molecule has 3 rings (SSSR count). The van der Waals surface area contributed by atoms with Crippen molar-refractivity contribution in [1.82, 2.24) is 0 Å². The van der Waals surface area contributed by atoms with Gasteiger partial charge in [-0.05, 0) is 6.07 Å². The van der Waals surface area contributed by atoms with E-state index in [4.69, 9.17) is 19.0 Å². The highest BCUT2D eigenvalue weighted by Gasteiger charge is 2.18. The average Bonchev–Trinajstić information content (AvgIpc) is 2.83.